The molecule has 1 aliphatic heterocycles. The van der Waals surface area contributed by atoms with E-state index in [1.54, 1.807) is 7.11 Å². The number of carbonyl (C=O) groups is 1. The lowest BCUT2D eigenvalue weighted by molar-refractivity contribution is -0.131. The fraction of sp³-hybridized carbons (Fsp3) is 0.435. The third kappa shape index (κ3) is 6.27. The van der Waals surface area contributed by atoms with Crippen LogP contribution in [-0.4, -0.2) is 55.6 Å². The zero-order valence-electron chi connectivity index (χ0n) is 16.7. The zero-order chi connectivity index (χ0) is 19.6. The predicted molar refractivity (Wildman–Crippen MR) is 111 cm³/mol. The summed E-state index contributed by atoms with van der Waals surface area (Å²) in [6, 6.07) is 18.0. The Morgan fingerprint density at radius 1 is 0.929 bits per heavy atom. The number of ether oxygens (including phenoxy) is 2. The Labute approximate surface area is 167 Å². The molecule has 5 heteroatoms. The van der Waals surface area contributed by atoms with Crippen molar-refractivity contribution in [2.75, 3.05) is 39.9 Å². The van der Waals surface area contributed by atoms with Gasteiger partial charge in [0.1, 0.15) is 11.5 Å². The summed E-state index contributed by atoms with van der Waals surface area (Å²) in [4.78, 5) is 17.0. The van der Waals surface area contributed by atoms with Crippen molar-refractivity contribution in [2.45, 2.75) is 25.8 Å². The molecule has 1 fully saturated rings. The van der Waals surface area contributed by atoms with Gasteiger partial charge in [0.2, 0.25) is 5.91 Å². The van der Waals surface area contributed by atoms with Gasteiger partial charge >= 0.3 is 0 Å². The highest BCUT2D eigenvalue weighted by Gasteiger charge is 2.19. The fourth-order valence-corrected chi connectivity index (χ4v) is 3.46. The summed E-state index contributed by atoms with van der Waals surface area (Å²) in [6.07, 6.45) is 2.31. The molecule has 0 aliphatic carbocycles. The second-order valence-electron chi connectivity index (χ2n) is 7.12. The van der Waals surface area contributed by atoms with Gasteiger partial charge in [-0.25, -0.2) is 0 Å². The normalized spacial score (nSPS) is 15.1. The van der Waals surface area contributed by atoms with Gasteiger partial charge in [-0.3, -0.25) is 9.69 Å². The van der Waals surface area contributed by atoms with Crippen LogP contribution < -0.4 is 9.47 Å². The third-order valence-electron chi connectivity index (χ3n) is 5.05. The summed E-state index contributed by atoms with van der Waals surface area (Å²) in [5, 5.41) is 0. The summed E-state index contributed by atoms with van der Waals surface area (Å²) < 4.78 is 10.9. The van der Waals surface area contributed by atoms with E-state index in [0.717, 1.165) is 57.1 Å². The van der Waals surface area contributed by atoms with Crippen LogP contribution in [0.5, 0.6) is 11.5 Å². The van der Waals surface area contributed by atoms with E-state index in [0.29, 0.717) is 13.0 Å². The molecular weight excluding hydrogens is 352 g/mol. The molecule has 1 saturated heterocycles. The van der Waals surface area contributed by atoms with Gasteiger partial charge in [0.15, 0.2) is 0 Å². The van der Waals surface area contributed by atoms with Crippen LogP contribution in [0.15, 0.2) is 54.6 Å². The quantitative estimate of drug-likeness (QED) is 0.655. The molecule has 5 nitrogen and oxygen atoms in total. The number of hydrogen-bond acceptors (Lipinski definition) is 4. The van der Waals surface area contributed by atoms with Crippen LogP contribution in [0.25, 0.3) is 0 Å². The molecule has 1 heterocycles. The number of benzene rings is 2. The van der Waals surface area contributed by atoms with E-state index in [2.05, 4.69) is 17.0 Å². The minimum absolute atomic E-state index is 0.239. The Bertz CT molecular complexity index is 718. The predicted octanol–water partition coefficient (Wildman–Crippen LogP) is 3.59. The van der Waals surface area contributed by atoms with Crippen molar-refractivity contribution < 1.29 is 14.3 Å². The molecule has 0 radical (unpaired) electrons. The first-order chi connectivity index (χ1) is 13.7. The SMILES string of the molecule is COc1ccc(CN2CCCN(C(=O)CCCOc3ccccc3)CC2)cc1. The van der Waals surface area contributed by atoms with E-state index >= 15 is 0 Å². The summed E-state index contributed by atoms with van der Waals surface area (Å²) in [5.41, 5.74) is 1.28. The maximum atomic E-state index is 12.5. The van der Waals surface area contributed by atoms with E-state index < -0.39 is 0 Å². The maximum absolute atomic E-state index is 12.5. The van der Waals surface area contributed by atoms with Crippen LogP contribution in [0, 0.1) is 0 Å². The number of methoxy groups -OCH3 is 1. The van der Waals surface area contributed by atoms with E-state index in [1.807, 2.05) is 47.4 Å². The van der Waals surface area contributed by atoms with Crippen molar-refractivity contribution in [3.05, 3.63) is 60.2 Å². The van der Waals surface area contributed by atoms with Crippen LogP contribution in [-0.2, 0) is 11.3 Å². The minimum atomic E-state index is 0.239. The molecule has 3 rings (SSSR count). The van der Waals surface area contributed by atoms with Crippen LogP contribution in [0.3, 0.4) is 0 Å². The summed E-state index contributed by atoms with van der Waals surface area (Å²) in [6.45, 7) is 5.07. The number of nitrogens with zero attached hydrogens (tertiary/aromatic N) is 2. The molecule has 1 aliphatic rings. The Balaban J connectivity index is 1.38. The first-order valence-corrected chi connectivity index (χ1v) is 10.1. The van der Waals surface area contributed by atoms with E-state index in [4.69, 9.17) is 9.47 Å². The average Bonchev–Trinajstić information content (AvgIpc) is 2.98. The van der Waals surface area contributed by atoms with Gasteiger partial charge in [-0.05, 0) is 42.7 Å². The lowest BCUT2D eigenvalue weighted by Crippen LogP contribution is -2.35. The molecule has 2 aromatic rings. The molecule has 0 atom stereocenters. The second kappa shape index (κ2) is 10.7. The van der Waals surface area contributed by atoms with Crippen molar-refractivity contribution in [1.29, 1.82) is 0 Å². The number of amides is 1. The molecule has 1 amide bonds. The van der Waals surface area contributed by atoms with Crippen LogP contribution in [0.1, 0.15) is 24.8 Å². The highest BCUT2D eigenvalue weighted by Crippen LogP contribution is 2.15. The summed E-state index contributed by atoms with van der Waals surface area (Å²) in [5.74, 6) is 1.98. The Morgan fingerprint density at radius 3 is 2.46 bits per heavy atom. The zero-order valence-corrected chi connectivity index (χ0v) is 16.7. The molecule has 28 heavy (non-hydrogen) atoms. The van der Waals surface area contributed by atoms with Gasteiger partial charge in [0, 0.05) is 39.1 Å². The van der Waals surface area contributed by atoms with Crippen molar-refractivity contribution in [2.24, 2.45) is 0 Å². The fourth-order valence-electron chi connectivity index (χ4n) is 3.46. The molecule has 0 N–H and O–H groups in total. The molecule has 2 aromatic carbocycles. The highest BCUT2D eigenvalue weighted by atomic mass is 16.5. The standard InChI is InChI=1S/C23H30N2O3/c1-27-21-12-10-20(11-13-21)19-24-14-6-15-25(17-16-24)23(26)9-5-18-28-22-7-3-2-4-8-22/h2-4,7-8,10-13H,5-6,9,14-19H2,1H3. The molecule has 0 spiro atoms. The number of rotatable bonds is 8. The van der Waals surface area contributed by atoms with Crippen molar-refractivity contribution in [3.63, 3.8) is 0 Å². The van der Waals surface area contributed by atoms with Gasteiger partial charge < -0.3 is 14.4 Å². The van der Waals surface area contributed by atoms with E-state index in [-0.39, 0.29) is 5.91 Å². The monoisotopic (exact) mass is 382 g/mol. The molecule has 0 unspecified atom stereocenters. The summed E-state index contributed by atoms with van der Waals surface area (Å²) in [7, 11) is 1.68. The lowest BCUT2D eigenvalue weighted by Gasteiger charge is -2.22. The molecular formula is C23H30N2O3. The van der Waals surface area contributed by atoms with Gasteiger partial charge in [-0.1, -0.05) is 30.3 Å². The van der Waals surface area contributed by atoms with Gasteiger partial charge in [-0.2, -0.15) is 0 Å². The number of para-hydroxylation sites is 1. The molecule has 0 saturated carbocycles. The number of hydrogen-bond donors (Lipinski definition) is 0. The lowest BCUT2D eigenvalue weighted by atomic mass is 10.2. The Morgan fingerprint density at radius 2 is 1.71 bits per heavy atom. The topological polar surface area (TPSA) is 42.0 Å². The third-order valence-corrected chi connectivity index (χ3v) is 5.05. The maximum Gasteiger partial charge on any atom is 0.222 e. The van der Waals surface area contributed by atoms with Gasteiger partial charge in [0.25, 0.3) is 0 Å². The molecule has 0 aromatic heterocycles. The van der Waals surface area contributed by atoms with Crippen LogP contribution >= 0.6 is 0 Å². The summed E-state index contributed by atoms with van der Waals surface area (Å²) >= 11 is 0. The van der Waals surface area contributed by atoms with E-state index in [1.165, 1.54) is 5.56 Å². The Hall–Kier alpha value is -2.53. The highest BCUT2D eigenvalue weighted by molar-refractivity contribution is 5.76. The largest absolute Gasteiger partial charge is 0.497 e. The van der Waals surface area contributed by atoms with Crippen molar-refractivity contribution in [1.82, 2.24) is 9.80 Å². The smallest absolute Gasteiger partial charge is 0.222 e. The van der Waals surface area contributed by atoms with Gasteiger partial charge in [0.05, 0.1) is 13.7 Å². The van der Waals surface area contributed by atoms with Crippen LogP contribution in [0.4, 0.5) is 0 Å². The Kier molecular flexibility index (Phi) is 7.73. The molecule has 0 bridgehead atoms. The first-order valence-electron chi connectivity index (χ1n) is 10.1. The average molecular weight is 383 g/mol. The van der Waals surface area contributed by atoms with Crippen molar-refractivity contribution >= 4 is 5.91 Å². The van der Waals surface area contributed by atoms with Gasteiger partial charge in [-0.15, -0.1) is 0 Å². The first kappa shape index (κ1) is 20.2. The minimum Gasteiger partial charge on any atom is -0.497 e. The number of carbonyl (C=O) groups excluding carboxylic acids is 1. The van der Waals surface area contributed by atoms with Crippen LogP contribution in [0.2, 0.25) is 0 Å². The van der Waals surface area contributed by atoms with Crippen molar-refractivity contribution in [3.8, 4) is 11.5 Å². The second-order valence-corrected chi connectivity index (χ2v) is 7.12. The van der Waals surface area contributed by atoms with E-state index in [9.17, 15) is 4.79 Å². The molecule has 150 valence electrons.